The fourth-order valence-electron chi connectivity index (χ4n) is 2.75. The van der Waals surface area contributed by atoms with Gasteiger partial charge in [-0.1, -0.05) is 24.3 Å². The second kappa shape index (κ2) is 7.47. The number of hydrazone groups is 1. The average Bonchev–Trinajstić information content (AvgIpc) is 3.12. The van der Waals surface area contributed by atoms with E-state index in [1.807, 2.05) is 0 Å². The van der Waals surface area contributed by atoms with Crippen LogP contribution in [0.5, 0.6) is 0 Å². The molecule has 0 atom stereocenters. The van der Waals surface area contributed by atoms with E-state index >= 15 is 0 Å². The van der Waals surface area contributed by atoms with E-state index in [9.17, 15) is 30.8 Å². The zero-order valence-electron chi connectivity index (χ0n) is 15.0. The highest BCUT2D eigenvalue weighted by atomic mass is 32.2. The summed E-state index contributed by atoms with van der Waals surface area (Å²) in [6, 6.07) is 8.51. The van der Waals surface area contributed by atoms with Crippen LogP contribution in [-0.2, 0) is 9.84 Å². The highest BCUT2D eigenvalue weighted by Gasteiger charge is 2.40. The minimum Gasteiger partial charge on any atom is -0.306 e. The molecule has 6 nitrogen and oxygen atoms in total. The number of carbonyl (C=O) groups excluding carboxylic acids is 1. The molecule has 1 aliphatic rings. The van der Waals surface area contributed by atoms with Crippen molar-refractivity contribution in [1.29, 1.82) is 0 Å². The van der Waals surface area contributed by atoms with Gasteiger partial charge >= 0.3 is 12.2 Å². The summed E-state index contributed by atoms with van der Waals surface area (Å²) in [6.07, 6.45) is -4.08. The first-order chi connectivity index (χ1) is 13.5. The number of halogens is 4. The molecule has 0 unspecified atom stereocenters. The maximum Gasteiger partial charge on any atom is 0.431 e. The molecule has 11 heteroatoms. The smallest absolute Gasteiger partial charge is 0.306 e. The van der Waals surface area contributed by atoms with E-state index in [-0.39, 0.29) is 28.3 Å². The van der Waals surface area contributed by atoms with Gasteiger partial charge in [0, 0.05) is 23.8 Å². The molecule has 0 bridgehead atoms. The largest absolute Gasteiger partial charge is 0.431 e. The van der Waals surface area contributed by atoms with Crippen molar-refractivity contribution in [2.24, 2.45) is 5.10 Å². The predicted octanol–water partition coefficient (Wildman–Crippen LogP) is 4.05. The zero-order valence-corrected chi connectivity index (χ0v) is 15.8. The molecule has 0 aromatic heterocycles. The Kier molecular flexibility index (Phi) is 5.35. The monoisotopic (exact) mass is 429 g/mol. The van der Waals surface area contributed by atoms with Crippen LogP contribution in [0.1, 0.15) is 6.42 Å². The number of rotatable bonds is 3. The lowest BCUT2D eigenvalue weighted by Crippen LogP contribution is -2.29. The second-order valence-corrected chi connectivity index (χ2v) is 8.32. The fourth-order valence-corrected chi connectivity index (χ4v) is 3.39. The Hall–Kier alpha value is -2.95. The Balaban J connectivity index is 1.89. The van der Waals surface area contributed by atoms with Crippen LogP contribution < -0.4 is 5.32 Å². The van der Waals surface area contributed by atoms with Crippen LogP contribution in [0.2, 0.25) is 0 Å². The minimum absolute atomic E-state index is 0.0224. The van der Waals surface area contributed by atoms with Gasteiger partial charge in [-0.25, -0.2) is 22.6 Å². The number of sulfone groups is 1. The van der Waals surface area contributed by atoms with Gasteiger partial charge in [-0.3, -0.25) is 0 Å². The van der Waals surface area contributed by atoms with E-state index in [1.54, 1.807) is 12.1 Å². The van der Waals surface area contributed by atoms with Crippen LogP contribution in [0, 0.1) is 5.82 Å². The molecule has 3 rings (SSSR count). The molecule has 0 spiro atoms. The summed E-state index contributed by atoms with van der Waals surface area (Å²) in [5.41, 5.74) is -0.658. The maximum atomic E-state index is 14.5. The molecule has 0 radical (unpaired) electrons. The molecule has 1 N–H and O–H groups in total. The van der Waals surface area contributed by atoms with Crippen molar-refractivity contribution >= 4 is 27.3 Å². The van der Waals surface area contributed by atoms with Crippen LogP contribution in [0.4, 0.5) is 28.0 Å². The van der Waals surface area contributed by atoms with Crippen LogP contribution >= 0.6 is 0 Å². The third-order valence-corrected chi connectivity index (χ3v) is 5.30. The molecule has 2 aromatic rings. The van der Waals surface area contributed by atoms with Crippen molar-refractivity contribution in [3.63, 3.8) is 0 Å². The van der Waals surface area contributed by atoms with Crippen molar-refractivity contribution in [2.75, 3.05) is 18.1 Å². The van der Waals surface area contributed by atoms with Gasteiger partial charge in [0.25, 0.3) is 0 Å². The quantitative estimate of drug-likeness (QED) is 0.748. The first-order valence-corrected chi connectivity index (χ1v) is 10.2. The number of hydrogen-bond acceptors (Lipinski definition) is 4. The van der Waals surface area contributed by atoms with E-state index < -0.39 is 40.0 Å². The Morgan fingerprint density at radius 1 is 1.14 bits per heavy atom. The lowest BCUT2D eigenvalue weighted by atomic mass is 10.0. The summed E-state index contributed by atoms with van der Waals surface area (Å²) in [5.74, 6) is -0.826. The van der Waals surface area contributed by atoms with Gasteiger partial charge < -0.3 is 5.32 Å². The van der Waals surface area contributed by atoms with Crippen molar-refractivity contribution < 1.29 is 30.8 Å². The standard InChI is InChI=1S/C18H15F4N3O3S/c1-29(27,28)11-6-7-12(14(19)10-11)13-4-2-3-5-15(13)23-17(26)25-9-8-16(24-25)18(20,21)22/h2-7,10H,8-9H2,1H3,(H,23,26). The lowest BCUT2D eigenvalue weighted by molar-refractivity contribution is -0.0600. The van der Waals surface area contributed by atoms with Gasteiger partial charge in [-0.05, 0) is 18.2 Å². The number of alkyl halides is 3. The molecule has 154 valence electrons. The van der Waals surface area contributed by atoms with Gasteiger partial charge in [0.15, 0.2) is 9.84 Å². The molecular weight excluding hydrogens is 414 g/mol. The molecule has 2 amide bonds. The van der Waals surface area contributed by atoms with Gasteiger partial charge in [-0.15, -0.1) is 0 Å². The first kappa shape index (κ1) is 20.8. The van der Waals surface area contributed by atoms with Crippen LogP contribution in [0.25, 0.3) is 11.1 Å². The molecule has 1 aliphatic heterocycles. The zero-order chi connectivity index (χ0) is 21.4. The Labute approximate surface area is 163 Å². The minimum atomic E-state index is -4.61. The number of hydrogen-bond donors (Lipinski definition) is 1. The van der Waals surface area contributed by atoms with E-state index in [0.29, 0.717) is 5.01 Å². The Morgan fingerprint density at radius 2 is 1.83 bits per heavy atom. The number of nitrogens with one attached hydrogen (secondary N) is 1. The van der Waals surface area contributed by atoms with Gasteiger partial charge in [-0.2, -0.15) is 18.3 Å². The van der Waals surface area contributed by atoms with Crippen molar-refractivity contribution in [2.45, 2.75) is 17.5 Å². The van der Waals surface area contributed by atoms with Crippen LogP contribution in [0.3, 0.4) is 0 Å². The topological polar surface area (TPSA) is 78.8 Å². The molecule has 0 fully saturated rings. The molecular formula is C18H15F4N3O3S. The van der Waals surface area contributed by atoms with Gasteiger partial charge in [0.1, 0.15) is 11.5 Å². The summed E-state index contributed by atoms with van der Waals surface area (Å²) >= 11 is 0. The number of urea groups is 1. The second-order valence-electron chi connectivity index (χ2n) is 6.31. The van der Waals surface area contributed by atoms with Crippen molar-refractivity contribution in [3.05, 3.63) is 48.3 Å². The number of nitrogens with zero attached hydrogens (tertiary/aromatic N) is 2. The summed E-state index contributed by atoms with van der Waals surface area (Å²) in [7, 11) is -3.60. The third-order valence-electron chi connectivity index (χ3n) is 4.19. The fraction of sp³-hybridized carbons (Fsp3) is 0.222. The highest BCUT2D eigenvalue weighted by Crippen LogP contribution is 2.32. The lowest BCUT2D eigenvalue weighted by Gasteiger charge is -2.16. The molecule has 2 aromatic carbocycles. The first-order valence-electron chi connectivity index (χ1n) is 8.29. The van der Waals surface area contributed by atoms with E-state index in [0.717, 1.165) is 12.3 Å². The molecule has 0 saturated heterocycles. The van der Waals surface area contributed by atoms with Crippen LogP contribution in [-0.4, -0.2) is 44.1 Å². The summed E-state index contributed by atoms with van der Waals surface area (Å²) in [4.78, 5) is 12.1. The Morgan fingerprint density at radius 3 is 2.41 bits per heavy atom. The van der Waals surface area contributed by atoms with Gasteiger partial charge in [0.05, 0.1) is 17.1 Å². The van der Waals surface area contributed by atoms with E-state index in [4.69, 9.17) is 0 Å². The molecule has 29 heavy (non-hydrogen) atoms. The summed E-state index contributed by atoms with van der Waals surface area (Å²) in [5, 5.41) is 6.36. The number of benzene rings is 2. The molecule has 1 heterocycles. The number of carbonyl (C=O) groups is 1. The van der Waals surface area contributed by atoms with Crippen molar-refractivity contribution in [3.8, 4) is 11.1 Å². The van der Waals surface area contributed by atoms with Crippen LogP contribution in [0.15, 0.2) is 52.5 Å². The number of anilines is 1. The molecule has 0 aliphatic carbocycles. The Bertz CT molecular complexity index is 1100. The highest BCUT2D eigenvalue weighted by molar-refractivity contribution is 7.90. The normalized spacial score (nSPS) is 14.7. The van der Waals surface area contributed by atoms with E-state index in [1.165, 1.54) is 24.3 Å². The van der Waals surface area contributed by atoms with Crippen molar-refractivity contribution in [1.82, 2.24) is 5.01 Å². The van der Waals surface area contributed by atoms with E-state index in [2.05, 4.69) is 10.4 Å². The predicted molar refractivity (Wildman–Crippen MR) is 98.8 cm³/mol. The maximum absolute atomic E-state index is 14.5. The summed E-state index contributed by atoms with van der Waals surface area (Å²) in [6.45, 7) is -0.236. The number of amides is 2. The average molecular weight is 429 g/mol. The molecule has 0 saturated carbocycles. The number of para-hydroxylation sites is 1. The summed E-state index contributed by atoms with van der Waals surface area (Å²) < 4.78 is 75.8. The van der Waals surface area contributed by atoms with Gasteiger partial charge in [0.2, 0.25) is 0 Å². The SMILES string of the molecule is CS(=O)(=O)c1ccc(-c2ccccc2NC(=O)N2CCC(C(F)(F)F)=N2)c(F)c1. The third kappa shape index (κ3) is 4.56.